The molecule has 0 atom stereocenters. The Hall–Kier alpha value is -2.12. The van der Waals surface area contributed by atoms with Crippen LogP contribution in [0.25, 0.3) is 17.0 Å². The smallest absolute Gasteiger partial charge is 0.407 e. The van der Waals surface area contributed by atoms with Crippen LogP contribution in [0.4, 0.5) is 4.79 Å². The SMILES string of the molecule is C=Cc1ccc2c(CCC3CCN(C(=O)O)CC3)noc2c1CO[Si](C)(C)C(C)(C)C. The highest BCUT2D eigenvalue weighted by molar-refractivity contribution is 6.74. The van der Waals surface area contributed by atoms with Gasteiger partial charge in [0, 0.05) is 24.0 Å². The fourth-order valence-corrected chi connectivity index (χ4v) is 4.81. The van der Waals surface area contributed by atoms with E-state index >= 15 is 0 Å². The lowest BCUT2D eigenvalue weighted by molar-refractivity contribution is 0.123. The van der Waals surface area contributed by atoms with E-state index in [1.807, 2.05) is 6.08 Å². The summed E-state index contributed by atoms with van der Waals surface area (Å²) < 4.78 is 12.3. The van der Waals surface area contributed by atoms with E-state index in [1.165, 1.54) is 4.90 Å². The molecule has 1 amide bonds. The minimum Gasteiger partial charge on any atom is -0.465 e. The van der Waals surface area contributed by atoms with Crippen molar-refractivity contribution in [1.29, 1.82) is 0 Å². The van der Waals surface area contributed by atoms with Crippen molar-refractivity contribution in [3.63, 3.8) is 0 Å². The van der Waals surface area contributed by atoms with E-state index in [0.717, 1.165) is 53.5 Å². The lowest BCUT2D eigenvalue weighted by atomic mass is 9.91. The number of amides is 1. The van der Waals surface area contributed by atoms with E-state index in [9.17, 15) is 4.79 Å². The van der Waals surface area contributed by atoms with Gasteiger partial charge in [-0.05, 0) is 61.4 Å². The zero-order valence-corrected chi connectivity index (χ0v) is 20.5. The fraction of sp³-hybridized carbons (Fsp3) is 0.583. The molecule has 1 N–H and O–H groups in total. The molecule has 0 bridgehead atoms. The quantitative estimate of drug-likeness (QED) is 0.506. The Morgan fingerprint density at radius 2 is 2.03 bits per heavy atom. The molecule has 1 saturated heterocycles. The lowest BCUT2D eigenvalue weighted by Crippen LogP contribution is -2.40. The summed E-state index contributed by atoms with van der Waals surface area (Å²) >= 11 is 0. The number of hydrogen-bond donors (Lipinski definition) is 1. The molecule has 0 saturated carbocycles. The van der Waals surface area contributed by atoms with Gasteiger partial charge < -0.3 is 19.0 Å². The van der Waals surface area contributed by atoms with E-state index in [2.05, 4.69) is 57.7 Å². The molecule has 1 aliphatic rings. The third-order valence-electron chi connectivity index (χ3n) is 7.13. The van der Waals surface area contributed by atoms with Crippen LogP contribution >= 0.6 is 0 Å². The van der Waals surface area contributed by atoms with Crippen molar-refractivity contribution in [3.8, 4) is 0 Å². The van der Waals surface area contributed by atoms with Gasteiger partial charge in [-0.15, -0.1) is 0 Å². The van der Waals surface area contributed by atoms with Crippen molar-refractivity contribution in [3.05, 3.63) is 35.5 Å². The molecular weight excluding hydrogens is 408 g/mol. The zero-order chi connectivity index (χ0) is 22.8. The van der Waals surface area contributed by atoms with Crippen molar-refractivity contribution in [2.24, 2.45) is 5.92 Å². The van der Waals surface area contributed by atoms with Crippen LogP contribution in [-0.4, -0.2) is 42.7 Å². The Balaban J connectivity index is 1.73. The average molecular weight is 445 g/mol. The Bertz CT molecular complexity index is 937. The molecule has 0 unspecified atom stereocenters. The monoisotopic (exact) mass is 444 g/mol. The number of aryl methyl sites for hydroxylation is 1. The maximum atomic E-state index is 11.1. The molecule has 1 aromatic carbocycles. The van der Waals surface area contributed by atoms with Gasteiger partial charge in [-0.2, -0.15) is 0 Å². The van der Waals surface area contributed by atoms with Crippen molar-refractivity contribution < 1.29 is 18.9 Å². The number of rotatable bonds is 7. The van der Waals surface area contributed by atoms with Crippen molar-refractivity contribution >= 4 is 31.5 Å². The number of aromatic nitrogens is 1. The van der Waals surface area contributed by atoms with E-state index in [4.69, 9.17) is 14.1 Å². The summed E-state index contributed by atoms with van der Waals surface area (Å²) in [6.45, 7) is 16.9. The van der Waals surface area contributed by atoms with Gasteiger partial charge >= 0.3 is 6.09 Å². The summed E-state index contributed by atoms with van der Waals surface area (Å²) in [7, 11) is -1.90. The third kappa shape index (κ3) is 5.21. The molecule has 6 nitrogen and oxygen atoms in total. The minimum absolute atomic E-state index is 0.137. The highest BCUT2D eigenvalue weighted by Crippen LogP contribution is 2.38. The maximum Gasteiger partial charge on any atom is 0.407 e. The van der Waals surface area contributed by atoms with E-state index < -0.39 is 14.4 Å². The molecule has 1 aromatic heterocycles. The molecule has 170 valence electrons. The second-order valence-electron chi connectivity index (χ2n) is 10.1. The number of hydrogen-bond acceptors (Lipinski definition) is 4. The Kier molecular flexibility index (Phi) is 6.96. The normalized spacial score (nSPS) is 16.1. The zero-order valence-electron chi connectivity index (χ0n) is 19.5. The van der Waals surface area contributed by atoms with Crippen molar-refractivity contribution in [2.75, 3.05) is 13.1 Å². The van der Waals surface area contributed by atoms with E-state index in [1.54, 1.807) is 0 Å². The van der Waals surface area contributed by atoms with E-state index in [-0.39, 0.29) is 5.04 Å². The first kappa shape index (κ1) is 23.5. The predicted molar refractivity (Wildman–Crippen MR) is 127 cm³/mol. The average Bonchev–Trinajstić information content (AvgIpc) is 3.13. The van der Waals surface area contributed by atoms with Gasteiger partial charge in [-0.1, -0.05) is 44.6 Å². The van der Waals surface area contributed by atoms with Crippen LogP contribution in [0.2, 0.25) is 18.1 Å². The van der Waals surface area contributed by atoms with Crippen molar-refractivity contribution in [1.82, 2.24) is 10.1 Å². The first-order chi connectivity index (χ1) is 14.5. The predicted octanol–water partition coefficient (Wildman–Crippen LogP) is 6.32. The van der Waals surface area contributed by atoms with Gasteiger partial charge in [0.05, 0.1) is 12.3 Å². The maximum absolute atomic E-state index is 11.1. The Morgan fingerprint density at radius 3 is 2.61 bits per heavy atom. The summed E-state index contributed by atoms with van der Waals surface area (Å²) in [4.78, 5) is 12.6. The first-order valence-electron chi connectivity index (χ1n) is 11.2. The summed E-state index contributed by atoms with van der Waals surface area (Å²) in [5.41, 5.74) is 3.81. The second kappa shape index (κ2) is 9.16. The number of benzene rings is 1. The second-order valence-corrected chi connectivity index (χ2v) is 15.0. The summed E-state index contributed by atoms with van der Waals surface area (Å²) in [6.07, 6.45) is 4.69. The molecule has 0 aliphatic carbocycles. The molecular formula is C24H36N2O4Si. The topological polar surface area (TPSA) is 75.8 Å². The van der Waals surface area contributed by atoms with E-state index in [0.29, 0.717) is 25.6 Å². The number of carbonyl (C=O) groups is 1. The van der Waals surface area contributed by atoms with Gasteiger partial charge in [-0.3, -0.25) is 0 Å². The third-order valence-corrected chi connectivity index (χ3v) is 11.6. The molecule has 1 fully saturated rings. The summed E-state index contributed by atoms with van der Waals surface area (Å²) in [5, 5.41) is 14.7. The van der Waals surface area contributed by atoms with Crippen molar-refractivity contribution in [2.45, 2.75) is 71.2 Å². The Labute approximate surface area is 186 Å². The lowest BCUT2D eigenvalue weighted by Gasteiger charge is -2.36. The number of likely N-dealkylation sites (tertiary alicyclic amines) is 1. The fourth-order valence-electron chi connectivity index (χ4n) is 3.87. The van der Waals surface area contributed by atoms with Crippen LogP contribution in [-0.2, 0) is 17.5 Å². The minimum atomic E-state index is -1.90. The number of fused-ring (bicyclic) bond motifs is 1. The molecule has 3 rings (SSSR count). The highest BCUT2D eigenvalue weighted by atomic mass is 28.4. The first-order valence-corrected chi connectivity index (χ1v) is 14.1. The van der Waals surface area contributed by atoms with Crippen LogP contribution < -0.4 is 0 Å². The van der Waals surface area contributed by atoms with Crippen LogP contribution in [0.1, 0.15) is 56.9 Å². The molecule has 31 heavy (non-hydrogen) atoms. The van der Waals surface area contributed by atoms with Crippen LogP contribution in [0.15, 0.2) is 23.2 Å². The molecule has 0 spiro atoms. The molecule has 2 aromatic rings. The van der Waals surface area contributed by atoms with Crippen LogP contribution in [0.3, 0.4) is 0 Å². The van der Waals surface area contributed by atoms with Gasteiger partial charge in [-0.25, -0.2) is 4.79 Å². The molecule has 2 heterocycles. The molecule has 0 radical (unpaired) electrons. The molecule has 1 aliphatic heterocycles. The van der Waals surface area contributed by atoms with Gasteiger partial charge in [0.1, 0.15) is 0 Å². The van der Waals surface area contributed by atoms with Gasteiger partial charge in [0.2, 0.25) is 0 Å². The highest BCUT2D eigenvalue weighted by Gasteiger charge is 2.37. The Morgan fingerprint density at radius 1 is 1.35 bits per heavy atom. The summed E-state index contributed by atoms with van der Waals surface area (Å²) in [5.74, 6) is 0.524. The number of piperidine rings is 1. The standard InChI is InChI=1S/C24H36N2O4Si/c1-7-18-9-10-19-21(11-8-17-12-14-26(15-13-17)23(27)28)25-30-22(19)20(18)16-29-31(5,6)24(2,3)4/h7,9-10,17H,1,8,11-16H2,2-6H3,(H,27,28). The number of carboxylic acid groups (broad SMARTS) is 1. The van der Waals surface area contributed by atoms with Crippen LogP contribution in [0.5, 0.6) is 0 Å². The summed E-state index contributed by atoms with van der Waals surface area (Å²) in [6, 6.07) is 4.15. The van der Waals surface area contributed by atoms with Gasteiger partial charge in [0.25, 0.3) is 0 Å². The van der Waals surface area contributed by atoms with Crippen LogP contribution in [0, 0.1) is 5.92 Å². The largest absolute Gasteiger partial charge is 0.465 e. The number of nitrogens with zero attached hydrogens (tertiary/aromatic N) is 2. The molecule has 7 heteroatoms. The van der Waals surface area contributed by atoms with Gasteiger partial charge in [0.15, 0.2) is 13.9 Å².